The SMILES string of the molecule is COc1ccc(CCN2C(=O)N(NS(C)(=O)=O)C[C@H]2c2ccc(C3CC3)cc2)cc1. The average molecular weight is 430 g/mol. The summed E-state index contributed by atoms with van der Waals surface area (Å²) in [6.07, 6.45) is 4.20. The predicted molar refractivity (Wildman–Crippen MR) is 115 cm³/mol. The highest BCUT2D eigenvalue weighted by Gasteiger charge is 2.39. The Bertz CT molecular complexity index is 1000. The number of nitrogens with zero attached hydrogens (tertiary/aromatic N) is 2. The largest absolute Gasteiger partial charge is 0.497 e. The molecule has 2 aliphatic rings. The fourth-order valence-corrected chi connectivity index (χ4v) is 4.45. The topological polar surface area (TPSA) is 79.0 Å². The third kappa shape index (κ3) is 4.76. The Morgan fingerprint density at radius 3 is 2.23 bits per heavy atom. The van der Waals surface area contributed by atoms with Gasteiger partial charge in [-0.3, -0.25) is 0 Å². The monoisotopic (exact) mass is 429 g/mol. The van der Waals surface area contributed by atoms with Crippen molar-refractivity contribution in [1.29, 1.82) is 0 Å². The van der Waals surface area contributed by atoms with E-state index in [1.807, 2.05) is 24.3 Å². The molecular weight excluding hydrogens is 402 g/mol. The first-order valence-electron chi connectivity index (χ1n) is 10.1. The zero-order valence-electron chi connectivity index (χ0n) is 17.2. The molecule has 1 saturated heterocycles. The number of ether oxygens (including phenoxy) is 1. The summed E-state index contributed by atoms with van der Waals surface area (Å²) in [5, 5.41) is 1.20. The van der Waals surface area contributed by atoms with Crippen molar-refractivity contribution in [1.82, 2.24) is 14.7 Å². The summed E-state index contributed by atoms with van der Waals surface area (Å²) in [6.45, 7) is 0.763. The zero-order chi connectivity index (χ0) is 21.3. The maximum atomic E-state index is 13.0. The van der Waals surface area contributed by atoms with Crippen LogP contribution in [0.1, 0.15) is 41.5 Å². The van der Waals surface area contributed by atoms with Crippen molar-refractivity contribution in [2.24, 2.45) is 0 Å². The second kappa shape index (κ2) is 8.28. The smallest absolute Gasteiger partial charge is 0.335 e. The number of amides is 2. The molecule has 1 saturated carbocycles. The molecule has 0 unspecified atom stereocenters. The molecular formula is C22H27N3O4S. The van der Waals surface area contributed by atoms with Gasteiger partial charge >= 0.3 is 6.03 Å². The first-order chi connectivity index (χ1) is 14.3. The number of urea groups is 1. The van der Waals surface area contributed by atoms with Crippen LogP contribution >= 0.6 is 0 Å². The summed E-state index contributed by atoms with van der Waals surface area (Å²) < 4.78 is 28.6. The Morgan fingerprint density at radius 2 is 1.67 bits per heavy atom. The summed E-state index contributed by atoms with van der Waals surface area (Å²) in [6, 6.07) is 15.6. The van der Waals surface area contributed by atoms with Crippen LogP contribution in [0.5, 0.6) is 5.75 Å². The number of rotatable bonds is 8. The van der Waals surface area contributed by atoms with Crippen LogP contribution in [0.25, 0.3) is 0 Å². The van der Waals surface area contributed by atoms with Gasteiger partial charge in [-0.15, -0.1) is 4.83 Å². The van der Waals surface area contributed by atoms with Crippen molar-refractivity contribution in [3.63, 3.8) is 0 Å². The molecule has 0 aromatic heterocycles. The van der Waals surface area contributed by atoms with Gasteiger partial charge in [0.2, 0.25) is 10.0 Å². The Labute approximate surface area is 177 Å². The van der Waals surface area contributed by atoms with E-state index in [9.17, 15) is 13.2 Å². The predicted octanol–water partition coefficient (Wildman–Crippen LogP) is 3.06. The van der Waals surface area contributed by atoms with E-state index >= 15 is 0 Å². The van der Waals surface area contributed by atoms with E-state index in [2.05, 4.69) is 29.1 Å². The van der Waals surface area contributed by atoms with Crippen LogP contribution < -0.4 is 9.57 Å². The number of hydrogen-bond donors (Lipinski definition) is 1. The number of sulfonamides is 1. The van der Waals surface area contributed by atoms with Gasteiger partial charge in [-0.1, -0.05) is 36.4 Å². The fraction of sp³-hybridized carbons (Fsp3) is 0.409. The van der Waals surface area contributed by atoms with E-state index in [0.717, 1.165) is 23.1 Å². The molecule has 1 atom stereocenters. The van der Waals surface area contributed by atoms with Crippen LogP contribution in [0.4, 0.5) is 4.79 Å². The van der Waals surface area contributed by atoms with Crippen LogP contribution in [-0.4, -0.2) is 50.8 Å². The van der Waals surface area contributed by atoms with Gasteiger partial charge in [0.15, 0.2) is 0 Å². The van der Waals surface area contributed by atoms with E-state index in [-0.39, 0.29) is 18.6 Å². The van der Waals surface area contributed by atoms with Gasteiger partial charge in [0, 0.05) is 6.54 Å². The Morgan fingerprint density at radius 1 is 1.03 bits per heavy atom. The van der Waals surface area contributed by atoms with E-state index in [0.29, 0.717) is 18.9 Å². The van der Waals surface area contributed by atoms with Gasteiger partial charge < -0.3 is 9.64 Å². The van der Waals surface area contributed by atoms with Gasteiger partial charge in [0.05, 0.1) is 26.0 Å². The van der Waals surface area contributed by atoms with Crippen LogP contribution in [0.3, 0.4) is 0 Å². The molecule has 2 aromatic rings. The number of carbonyl (C=O) groups is 1. The van der Waals surface area contributed by atoms with Gasteiger partial charge in [-0.05, 0) is 54.0 Å². The van der Waals surface area contributed by atoms with Crippen molar-refractivity contribution in [3.8, 4) is 5.75 Å². The van der Waals surface area contributed by atoms with Crippen molar-refractivity contribution in [3.05, 3.63) is 65.2 Å². The molecule has 1 heterocycles. The minimum Gasteiger partial charge on any atom is -0.497 e. The fourth-order valence-electron chi connectivity index (χ4n) is 3.90. The van der Waals surface area contributed by atoms with Crippen molar-refractivity contribution in [2.75, 3.05) is 26.5 Å². The quantitative estimate of drug-likeness (QED) is 0.700. The van der Waals surface area contributed by atoms with E-state index in [1.165, 1.54) is 23.4 Å². The third-order valence-electron chi connectivity index (χ3n) is 5.65. The van der Waals surface area contributed by atoms with Crippen molar-refractivity contribution >= 4 is 16.1 Å². The lowest BCUT2D eigenvalue weighted by molar-refractivity contribution is 0.182. The number of nitrogens with one attached hydrogen (secondary N) is 1. The van der Waals surface area contributed by atoms with Crippen LogP contribution in [-0.2, 0) is 16.4 Å². The highest BCUT2D eigenvalue weighted by molar-refractivity contribution is 7.88. The molecule has 4 rings (SSSR count). The van der Waals surface area contributed by atoms with Gasteiger partial charge in [-0.2, -0.15) is 0 Å². The molecule has 2 aromatic carbocycles. The number of hydrazine groups is 1. The molecule has 2 amide bonds. The first-order valence-corrected chi connectivity index (χ1v) is 12.0. The van der Waals surface area contributed by atoms with Crippen LogP contribution in [0, 0.1) is 0 Å². The van der Waals surface area contributed by atoms with Gasteiger partial charge in [-0.25, -0.2) is 18.2 Å². The number of carbonyl (C=O) groups excluding carboxylic acids is 1. The Hall–Kier alpha value is -2.58. The molecule has 0 radical (unpaired) electrons. The highest BCUT2D eigenvalue weighted by atomic mass is 32.2. The summed E-state index contributed by atoms with van der Waals surface area (Å²) in [5.41, 5.74) is 3.43. The van der Waals surface area contributed by atoms with Gasteiger partial charge in [0.25, 0.3) is 0 Å². The lowest BCUT2D eigenvalue weighted by Crippen LogP contribution is -2.44. The number of methoxy groups -OCH3 is 1. The summed E-state index contributed by atoms with van der Waals surface area (Å²) >= 11 is 0. The molecule has 30 heavy (non-hydrogen) atoms. The molecule has 1 N–H and O–H groups in total. The second-order valence-corrected chi connectivity index (χ2v) is 9.73. The maximum absolute atomic E-state index is 13.0. The van der Waals surface area contributed by atoms with Gasteiger partial charge in [0.1, 0.15) is 5.75 Å². The minimum atomic E-state index is -3.54. The third-order valence-corrected chi connectivity index (χ3v) is 6.21. The molecule has 1 aliphatic carbocycles. The number of hydrogen-bond acceptors (Lipinski definition) is 4. The standard InChI is InChI=1S/C22H27N3O4S/c1-29-20-11-3-16(4-12-20)13-14-24-21(15-25(22(24)26)23-30(2,27)28)19-9-7-18(8-10-19)17-5-6-17/h3-4,7-12,17,21,23H,5-6,13-15H2,1-2H3/t21-/m0/s1. The lowest BCUT2D eigenvalue weighted by atomic mass is 10.0. The zero-order valence-corrected chi connectivity index (χ0v) is 18.1. The minimum absolute atomic E-state index is 0.210. The molecule has 8 heteroatoms. The van der Waals surface area contributed by atoms with Crippen molar-refractivity contribution in [2.45, 2.75) is 31.2 Å². The maximum Gasteiger partial charge on any atom is 0.335 e. The molecule has 0 spiro atoms. The molecule has 0 bridgehead atoms. The van der Waals surface area contributed by atoms with E-state index < -0.39 is 10.0 Å². The molecule has 2 fully saturated rings. The molecule has 160 valence electrons. The Kier molecular flexibility index (Phi) is 5.71. The van der Waals surface area contributed by atoms with Crippen LogP contribution in [0.15, 0.2) is 48.5 Å². The van der Waals surface area contributed by atoms with E-state index in [1.54, 1.807) is 12.0 Å². The summed E-state index contributed by atoms with van der Waals surface area (Å²) in [5.74, 6) is 1.45. The van der Waals surface area contributed by atoms with E-state index in [4.69, 9.17) is 4.74 Å². The Balaban J connectivity index is 1.53. The average Bonchev–Trinajstić information content (AvgIpc) is 3.53. The normalized spacial score (nSPS) is 19.4. The summed E-state index contributed by atoms with van der Waals surface area (Å²) in [7, 11) is -1.91. The molecule has 7 nitrogen and oxygen atoms in total. The van der Waals surface area contributed by atoms with Crippen LogP contribution in [0.2, 0.25) is 0 Å². The molecule has 1 aliphatic heterocycles. The summed E-state index contributed by atoms with van der Waals surface area (Å²) in [4.78, 5) is 17.1. The number of benzene rings is 2. The second-order valence-electron chi connectivity index (χ2n) is 8.00. The first kappa shape index (κ1) is 20.7. The highest BCUT2D eigenvalue weighted by Crippen LogP contribution is 2.40. The van der Waals surface area contributed by atoms with Crippen molar-refractivity contribution < 1.29 is 17.9 Å². The lowest BCUT2D eigenvalue weighted by Gasteiger charge is -2.23.